The molecule has 0 aromatic heterocycles. The van der Waals surface area contributed by atoms with E-state index in [1.54, 1.807) is 60.5 Å². The van der Waals surface area contributed by atoms with Crippen LogP contribution in [0.5, 0.6) is 11.5 Å². The topological polar surface area (TPSA) is 103 Å². The van der Waals surface area contributed by atoms with Gasteiger partial charge in [-0.2, -0.15) is 0 Å². The van der Waals surface area contributed by atoms with E-state index in [1.165, 1.54) is 0 Å². The summed E-state index contributed by atoms with van der Waals surface area (Å²) in [5.74, 6) is 0.569. The third kappa shape index (κ3) is 7.66. The lowest BCUT2D eigenvalue weighted by molar-refractivity contribution is 0.0343. The number of hydrogen-bond donors (Lipinski definition) is 3. The molecule has 3 aromatic carbocycles. The van der Waals surface area contributed by atoms with Gasteiger partial charge in [-0.1, -0.05) is 42.3 Å². The second-order valence-electron chi connectivity index (χ2n) is 10.6. The van der Waals surface area contributed by atoms with Crippen LogP contribution < -0.4 is 20.1 Å². The number of anilines is 2. The number of aliphatic hydroxyl groups is 1. The Morgan fingerprint density at radius 3 is 2.55 bits per heavy atom. The number of fused-ring (bicyclic) bond motifs is 1. The number of ether oxygens (including phenoxy) is 2. The van der Waals surface area contributed by atoms with Gasteiger partial charge in [-0.3, -0.25) is 9.69 Å². The number of halogens is 2. The summed E-state index contributed by atoms with van der Waals surface area (Å²) in [6.07, 6.45) is -0.356. The van der Waals surface area contributed by atoms with E-state index in [4.69, 9.17) is 32.7 Å². The Kier molecular flexibility index (Phi) is 10.6. The van der Waals surface area contributed by atoms with Crippen molar-refractivity contribution >= 4 is 46.5 Å². The van der Waals surface area contributed by atoms with Crippen molar-refractivity contribution in [2.24, 2.45) is 5.92 Å². The zero-order chi connectivity index (χ0) is 30.4. The molecular formula is C31H36Cl2N4O5. The summed E-state index contributed by atoms with van der Waals surface area (Å²) >= 11 is 12.3. The van der Waals surface area contributed by atoms with Gasteiger partial charge in [0.1, 0.15) is 11.9 Å². The van der Waals surface area contributed by atoms with Crippen LogP contribution in [0.15, 0.2) is 60.7 Å². The van der Waals surface area contributed by atoms with Gasteiger partial charge < -0.3 is 30.1 Å². The largest absolute Gasteiger partial charge is 0.497 e. The number of nitrogens with one attached hydrogen (secondary N) is 2. The number of aliphatic hydroxyl groups excluding tert-OH is 1. The lowest BCUT2D eigenvalue weighted by atomic mass is 9.99. The number of rotatable bonds is 9. The van der Waals surface area contributed by atoms with E-state index in [9.17, 15) is 14.7 Å². The maximum absolute atomic E-state index is 13.7. The molecule has 3 atom stereocenters. The lowest BCUT2D eigenvalue weighted by Crippen LogP contribution is -2.49. The summed E-state index contributed by atoms with van der Waals surface area (Å²) in [4.78, 5) is 30.5. The van der Waals surface area contributed by atoms with E-state index >= 15 is 0 Å². The van der Waals surface area contributed by atoms with Crippen LogP contribution in [0.3, 0.4) is 0 Å². The molecule has 9 nitrogen and oxygen atoms in total. The third-order valence-electron chi connectivity index (χ3n) is 7.22. The van der Waals surface area contributed by atoms with E-state index in [1.807, 2.05) is 33.0 Å². The maximum atomic E-state index is 13.7. The van der Waals surface area contributed by atoms with Gasteiger partial charge in [0.25, 0.3) is 5.91 Å². The first-order valence-electron chi connectivity index (χ1n) is 13.7. The van der Waals surface area contributed by atoms with Crippen molar-refractivity contribution in [3.05, 3.63) is 81.8 Å². The van der Waals surface area contributed by atoms with Crippen LogP contribution in [0.25, 0.3) is 0 Å². The molecular weight excluding hydrogens is 579 g/mol. The Morgan fingerprint density at radius 1 is 1.14 bits per heavy atom. The first kappa shape index (κ1) is 31.4. The quantitative estimate of drug-likeness (QED) is 0.273. The minimum atomic E-state index is -0.492. The summed E-state index contributed by atoms with van der Waals surface area (Å²) < 4.78 is 11.8. The first-order valence-corrected chi connectivity index (χ1v) is 14.4. The fourth-order valence-electron chi connectivity index (χ4n) is 4.84. The molecule has 0 aliphatic carbocycles. The molecule has 1 aliphatic heterocycles. The van der Waals surface area contributed by atoms with Crippen molar-refractivity contribution < 1.29 is 24.2 Å². The summed E-state index contributed by atoms with van der Waals surface area (Å²) in [6.45, 7) is 5.14. The number of carbonyl (C=O) groups is 2. The predicted octanol–water partition coefficient (Wildman–Crippen LogP) is 6.00. The fourth-order valence-corrected chi connectivity index (χ4v) is 5.16. The number of para-hydroxylation sites is 1. The number of benzene rings is 3. The minimum absolute atomic E-state index is 0.103. The maximum Gasteiger partial charge on any atom is 0.323 e. The number of urea groups is 1. The van der Waals surface area contributed by atoms with Gasteiger partial charge in [-0.15, -0.1) is 0 Å². The van der Waals surface area contributed by atoms with Gasteiger partial charge >= 0.3 is 6.03 Å². The molecule has 0 unspecified atom stereocenters. The van der Waals surface area contributed by atoms with Crippen molar-refractivity contribution in [1.29, 1.82) is 0 Å². The van der Waals surface area contributed by atoms with Crippen LogP contribution >= 0.6 is 23.2 Å². The highest BCUT2D eigenvalue weighted by Gasteiger charge is 2.34. The molecule has 3 N–H and O–H groups in total. The minimum Gasteiger partial charge on any atom is -0.497 e. The van der Waals surface area contributed by atoms with E-state index in [-0.39, 0.29) is 30.3 Å². The zero-order valence-electron chi connectivity index (χ0n) is 24.1. The number of carbonyl (C=O) groups excluding carboxylic acids is 2. The fraction of sp³-hybridized carbons (Fsp3) is 0.355. The molecule has 0 spiro atoms. The molecule has 3 aromatic rings. The average Bonchev–Trinajstić information content (AvgIpc) is 2.97. The van der Waals surface area contributed by atoms with Crippen molar-refractivity contribution in [2.45, 2.75) is 32.5 Å². The standard InChI is InChI=1S/C31H36Cl2N4O5/c1-19-15-37(20(2)18-38)30(39)24-6-5-7-27(35-31(40)34-22-9-11-23(41-4)12-10-22)29(24)42-28(19)17-36(3)16-21-8-13-25(32)26(33)14-21/h5-14,19-20,28,38H,15-18H2,1-4H3,(H2,34,35,40)/t19-,20-,28+/m1/s1. The van der Waals surface area contributed by atoms with Crippen LogP contribution in [0.2, 0.25) is 10.0 Å². The molecule has 0 fully saturated rings. The molecule has 11 heteroatoms. The Bertz CT molecular complexity index is 1400. The summed E-state index contributed by atoms with van der Waals surface area (Å²) in [5, 5.41) is 16.6. The highest BCUT2D eigenvalue weighted by molar-refractivity contribution is 6.42. The predicted molar refractivity (Wildman–Crippen MR) is 166 cm³/mol. The summed E-state index contributed by atoms with van der Waals surface area (Å²) in [7, 11) is 3.55. The molecule has 1 heterocycles. The average molecular weight is 616 g/mol. The molecule has 224 valence electrons. The SMILES string of the molecule is COc1ccc(NC(=O)Nc2cccc3c2O[C@@H](CN(C)Cc2ccc(Cl)c(Cl)c2)[C@H](C)CN([C@H](C)CO)C3=O)cc1. The first-order chi connectivity index (χ1) is 20.1. The van der Waals surface area contributed by atoms with E-state index in [0.717, 1.165) is 5.56 Å². The molecule has 4 rings (SSSR count). The van der Waals surface area contributed by atoms with Crippen LogP contribution in [0.1, 0.15) is 29.8 Å². The van der Waals surface area contributed by atoms with Crippen LogP contribution in [0.4, 0.5) is 16.2 Å². The molecule has 3 amide bonds. The van der Waals surface area contributed by atoms with E-state index in [0.29, 0.717) is 52.4 Å². The van der Waals surface area contributed by atoms with Crippen molar-refractivity contribution in [2.75, 3.05) is 44.5 Å². The monoisotopic (exact) mass is 614 g/mol. The highest BCUT2D eigenvalue weighted by atomic mass is 35.5. The zero-order valence-corrected chi connectivity index (χ0v) is 25.6. The van der Waals surface area contributed by atoms with Crippen molar-refractivity contribution in [3.63, 3.8) is 0 Å². The summed E-state index contributed by atoms with van der Waals surface area (Å²) in [5.41, 5.74) is 2.23. The molecule has 0 bridgehead atoms. The van der Waals surface area contributed by atoms with Gasteiger partial charge in [0.05, 0.1) is 41.1 Å². The molecule has 0 saturated heterocycles. The second-order valence-corrected chi connectivity index (χ2v) is 11.4. The van der Waals surface area contributed by atoms with Crippen LogP contribution in [-0.2, 0) is 6.54 Å². The number of likely N-dealkylation sites (N-methyl/N-ethyl adjacent to an activating group) is 1. The van der Waals surface area contributed by atoms with E-state index < -0.39 is 12.1 Å². The van der Waals surface area contributed by atoms with Gasteiger partial charge in [-0.05, 0) is 68.1 Å². The second kappa shape index (κ2) is 14.1. The number of amides is 3. The normalized spacial score (nSPS) is 17.5. The lowest BCUT2D eigenvalue weighted by Gasteiger charge is -2.38. The Balaban J connectivity index is 1.61. The molecule has 0 saturated carbocycles. The molecule has 1 aliphatic rings. The molecule has 42 heavy (non-hydrogen) atoms. The molecule has 0 radical (unpaired) electrons. The number of hydrogen-bond acceptors (Lipinski definition) is 6. The van der Waals surface area contributed by atoms with Gasteiger partial charge in [0, 0.05) is 31.2 Å². The Morgan fingerprint density at radius 2 is 1.88 bits per heavy atom. The summed E-state index contributed by atoms with van der Waals surface area (Å²) in [6, 6.07) is 16.6. The highest BCUT2D eigenvalue weighted by Crippen LogP contribution is 2.35. The van der Waals surface area contributed by atoms with Crippen LogP contribution in [0, 0.1) is 5.92 Å². The Hall–Kier alpha value is -3.50. The number of methoxy groups -OCH3 is 1. The van der Waals surface area contributed by atoms with Gasteiger partial charge in [-0.25, -0.2) is 4.79 Å². The smallest absolute Gasteiger partial charge is 0.323 e. The third-order valence-corrected chi connectivity index (χ3v) is 7.95. The van der Waals surface area contributed by atoms with Crippen LogP contribution in [-0.4, -0.2) is 72.8 Å². The number of nitrogens with zero attached hydrogens (tertiary/aromatic N) is 2. The van der Waals surface area contributed by atoms with Crippen molar-refractivity contribution in [3.8, 4) is 11.5 Å². The van der Waals surface area contributed by atoms with Crippen molar-refractivity contribution in [1.82, 2.24) is 9.80 Å². The Labute approximate surface area is 256 Å². The van der Waals surface area contributed by atoms with Gasteiger partial charge in [0.15, 0.2) is 5.75 Å². The van der Waals surface area contributed by atoms with Gasteiger partial charge in [0.2, 0.25) is 0 Å². The van der Waals surface area contributed by atoms with E-state index in [2.05, 4.69) is 15.5 Å².